The zero-order valence-electron chi connectivity index (χ0n) is 8.14. The van der Waals surface area contributed by atoms with Crippen molar-refractivity contribution < 1.29 is 9.53 Å². The van der Waals surface area contributed by atoms with Crippen LogP contribution in [0.4, 0.5) is 0 Å². The predicted molar refractivity (Wildman–Crippen MR) is 55.9 cm³/mol. The minimum atomic E-state index is -0.170. The van der Waals surface area contributed by atoms with Gasteiger partial charge in [-0.15, -0.1) is 0 Å². The number of ether oxygens (including phenoxy) is 1. The minimum absolute atomic E-state index is 0.00773. The van der Waals surface area contributed by atoms with E-state index in [4.69, 9.17) is 4.74 Å². The molecule has 1 aliphatic carbocycles. The smallest absolute Gasteiger partial charge is 0.311 e. The van der Waals surface area contributed by atoms with Gasteiger partial charge in [0.05, 0.1) is 12.5 Å². The molecule has 1 fully saturated rings. The first-order chi connectivity index (χ1) is 6.25. The van der Waals surface area contributed by atoms with Gasteiger partial charge in [0.15, 0.2) is 0 Å². The summed E-state index contributed by atoms with van der Waals surface area (Å²) in [4.78, 5) is 11.6. The van der Waals surface area contributed by atoms with E-state index in [0.717, 1.165) is 24.6 Å². The molecule has 0 radical (unpaired) electrons. The van der Waals surface area contributed by atoms with E-state index in [1.165, 1.54) is 26.4 Å². The van der Waals surface area contributed by atoms with E-state index < -0.39 is 0 Å². The Morgan fingerprint density at radius 2 is 2.00 bits per heavy atom. The number of halogens is 1. The Bertz CT molecular complexity index is 168. The Balaban J connectivity index is 2.66. The summed E-state index contributed by atoms with van der Waals surface area (Å²) in [6.07, 6.45) is 6.53. The summed E-state index contributed by atoms with van der Waals surface area (Å²) >= 11 is 3.41. The normalized spacial score (nSPS) is 21.1. The molecule has 1 aliphatic rings. The van der Waals surface area contributed by atoms with Gasteiger partial charge in [-0.25, -0.2) is 0 Å². The molecule has 1 rings (SSSR count). The molecule has 1 saturated carbocycles. The molecule has 0 N–H and O–H groups in total. The standard InChI is InChI=1S/C10H17BrO2/c1-13-9(12)10(7-8-11)5-3-2-4-6-10/h2-8H2,1H3. The van der Waals surface area contributed by atoms with E-state index in [-0.39, 0.29) is 11.4 Å². The molecule has 76 valence electrons. The summed E-state index contributed by atoms with van der Waals surface area (Å²) in [6, 6.07) is 0. The molecule has 0 unspecified atom stereocenters. The van der Waals surface area contributed by atoms with Crippen molar-refractivity contribution in [3.63, 3.8) is 0 Å². The lowest BCUT2D eigenvalue weighted by Crippen LogP contribution is -2.34. The lowest BCUT2D eigenvalue weighted by Gasteiger charge is -2.33. The molecule has 0 saturated heterocycles. The number of rotatable bonds is 3. The zero-order chi connectivity index (χ0) is 9.73. The number of hydrogen-bond acceptors (Lipinski definition) is 2. The fraction of sp³-hybridized carbons (Fsp3) is 0.900. The van der Waals surface area contributed by atoms with Crippen LogP contribution in [0.1, 0.15) is 38.5 Å². The quantitative estimate of drug-likeness (QED) is 0.567. The van der Waals surface area contributed by atoms with Crippen molar-refractivity contribution >= 4 is 21.9 Å². The summed E-state index contributed by atoms with van der Waals surface area (Å²) in [7, 11) is 1.49. The molecule has 3 heteroatoms. The molecule has 0 atom stereocenters. The highest BCUT2D eigenvalue weighted by Crippen LogP contribution is 2.40. The van der Waals surface area contributed by atoms with Gasteiger partial charge in [-0.3, -0.25) is 4.79 Å². The van der Waals surface area contributed by atoms with Crippen molar-refractivity contribution in [1.82, 2.24) is 0 Å². The first-order valence-electron chi connectivity index (χ1n) is 4.89. The fourth-order valence-corrected chi connectivity index (χ4v) is 2.94. The molecule has 0 aromatic rings. The molecule has 0 bridgehead atoms. The van der Waals surface area contributed by atoms with E-state index in [1.54, 1.807) is 0 Å². The molecular weight excluding hydrogens is 232 g/mol. The summed E-state index contributed by atoms with van der Waals surface area (Å²) < 4.78 is 4.89. The monoisotopic (exact) mass is 248 g/mol. The van der Waals surface area contributed by atoms with Gasteiger partial charge in [-0.2, -0.15) is 0 Å². The van der Waals surface area contributed by atoms with Gasteiger partial charge >= 0.3 is 5.97 Å². The van der Waals surface area contributed by atoms with Crippen LogP contribution in [0.2, 0.25) is 0 Å². The van der Waals surface area contributed by atoms with Crippen molar-refractivity contribution in [2.24, 2.45) is 5.41 Å². The van der Waals surface area contributed by atoms with Crippen molar-refractivity contribution in [1.29, 1.82) is 0 Å². The second-order valence-electron chi connectivity index (χ2n) is 3.77. The van der Waals surface area contributed by atoms with Crippen LogP contribution in [0.15, 0.2) is 0 Å². The number of hydrogen-bond donors (Lipinski definition) is 0. The maximum atomic E-state index is 11.6. The van der Waals surface area contributed by atoms with Gasteiger partial charge in [-0.05, 0) is 19.3 Å². The highest BCUT2D eigenvalue weighted by atomic mass is 79.9. The predicted octanol–water partition coefficient (Wildman–Crippen LogP) is 2.89. The second kappa shape index (κ2) is 4.99. The highest BCUT2D eigenvalue weighted by molar-refractivity contribution is 9.09. The van der Waals surface area contributed by atoms with Crippen LogP contribution in [-0.2, 0) is 9.53 Å². The van der Waals surface area contributed by atoms with Crippen LogP contribution in [0.5, 0.6) is 0 Å². The van der Waals surface area contributed by atoms with Gasteiger partial charge in [0.2, 0.25) is 0 Å². The van der Waals surface area contributed by atoms with Crippen LogP contribution in [-0.4, -0.2) is 18.4 Å². The van der Waals surface area contributed by atoms with E-state index in [2.05, 4.69) is 15.9 Å². The third-order valence-electron chi connectivity index (χ3n) is 3.00. The van der Waals surface area contributed by atoms with Crippen LogP contribution in [0, 0.1) is 5.41 Å². The molecule has 13 heavy (non-hydrogen) atoms. The molecule has 0 aliphatic heterocycles. The maximum absolute atomic E-state index is 11.6. The number of esters is 1. The summed E-state index contributed by atoms with van der Waals surface area (Å²) in [5, 5.41) is 0.891. The van der Waals surface area contributed by atoms with Gasteiger partial charge in [-0.1, -0.05) is 35.2 Å². The number of carbonyl (C=O) groups excluding carboxylic acids is 1. The molecule has 0 aromatic carbocycles. The molecule has 0 heterocycles. The van der Waals surface area contributed by atoms with Crippen molar-refractivity contribution in [3.8, 4) is 0 Å². The van der Waals surface area contributed by atoms with Crippen molar-refractivity contribution in [3.05, 3.63) is 0 Å². The SMILES string of the molecule is COC(=O)C1(CCBr)CCCCC1. The maximum Gasteiger partial charge on any atom is 0.311 e. The topological polar surface area (TPSA) is 26.3 Å². The Kier molecular flexibility index (Phi) is 4.23. The number of methoxy groups -OCH3 is 1. The average molecular weight is 249 g/mol. The number of alkyl halides is 1. The highest BCUT2D eigenvalue weighted by Gasteiger charge is 2.39. The first-order valence-corrected chi connectivity index (χ1v) is 6.02. The largest absolute Gasteiger partial charge is 0.469 e. The molecular formula is C10H17BrO2. The van der Waals surface area contributed by atoms with Crippen molar-refractivity contribution in [2.45, 2.75) is 38.5 Å². The third kappa shape index (κ3) is 2.46. The van der Waals surface area contributed by atoms with E-state index in [1.807, 2.05) is 0 Å². The minimum Gasteiger partial charge on any atom is -0.469 e. The van der Waals surface area contributed by atoms with Crippen LogP contribution in [0.3, 0.4) is 0 Å². The summed E-state index contributed by atoms with van der Waals surface area (Å²) in [6.45, 7) is 0. The summed E-state index contributed by atoms with van der Waals surface area (Å²) in [5.41, 5.74) is -0.170. The lowest BCUT2D eigenvalue weighted by molar-refractivity contribution is -0.155. The Morgan fingerprint density at radius 3 is 2.46 bits per heavy atom. The van der Waals surface area contributed by atoms with Gasteiger partial charge in [0.1, 0.15) is 0 Å². The third-order valence-corrected chi connectivity index (χ3v) is 3.40. The van der Waals surface area contributed by atoms with Gasteiger partial charge < -0.3 is 4.74 Å². The van der Waals surface area contributed by atoms with E-state index in [9.17, 15) is 4.79 Å². The fourth-order valence-electron chi connectivity index (χ4n) is 2.18. The average Bonchev–Trinajstić information content (AvgIpc) is 2.18. The van der Waals surface area contributed by atoms with Crippen LogP contribution in [0.25, 0.3) is 0 Å². The Morgan fingerprint density at radius 1 is 1.38 bits per heavy atom. The molecule has 0 amide bonds. The van der Waals surface area contributed by atoms with Gasteiger partial charge in [0.25, 0.3) is 0 Å². The molecule has 0 spiro atoms. The molecule has 0 aromatic heterocycles. The first kappa shape index (κ1) is 11.0. The van der Waals surface area contributed by atoms with Crippen LogP contribution >= 0.6 is 15.9 Å². The Labute approximate surface area is 88.2 Å². The van der Waals surface area contributed by atoms with Crippen molar-refractivity contribution in [2.75, 3.05) is 12.4 Å². The molecule has 2 nitrogen and oxygen atoms in total. The van der Waals surface area contributed by atoms with E-state index >= 15 is 0 Å². The Hall–Kier alpha value is -0.0500. The van der Waals surface area contributed by atoms with Crippen LogP contribution < -0.4 is 0 Å². The number of carbonyl (C=O) groups is 1. The second-order valence-corrected chi connectivity index (χ2v) is 4.56. The van der Waals surface area contributed by atoms with Gasteiger partial charge in [0, 0.05) is 5.33 Å². The summed E-state index contributed by atoms with van der Waals surface area (Å²) in [5.74, 6) is -0.00773. The van der Waals surface area contributed by atoms with E-state index in [0.29, 0.717) is 0 Å². The zero-order valence-corrected chi connectivity index (χ0v) is 9.73. The lowest BCUT2D eigenvalue weighted by atomic mass is 9.72.